The number of hydrogen-bond donors (Lipinski definition) is 1. The summed E-state index contributed by atoms with van der Waals surface area (Å²) in [6.45, 7) is 3.21. The molecule has 0 spiro atoms. The van der Waals surface area contributed by atoms with Crippen molar-refractivity contribution in [3.05, 3.63) is 0 Å². The molecule has 0 aromatic carbocycles. The SMILES string of the molecule is CC(O)CC1CCCN1C1CCCCCC1. The second-order valence-corrected chi connectivity index (χ2v) is 5.76. The third-order valence-electron chi connectivity index (χ3n) is 4.33. The molecule has 2 heteroatoms. The third-order valence-corrected chi connectivity index (χ3v) is 4.33. The third kappa shape index (κ3) is 3.21. The number of hydrogen-bond acceptors (Lipinski definition) is 2. The maximum Gasteiger partial charge on any atom is 0.0527 e. The van der Waals surface area contributed by atoms with E-state index in [-0.39, 0.29) is 6.10 Å². The van der Waals surface area contributed by atoms with Gasteiger partial charge in [0.15, 0.2) is 0 Å². The van der Waals surface area contributed by atoms with Gasteiger partial charge in [0.25, 0.3) is 0 Å². The lowest BCUT2D eigenvalue weighted by molar-refractivity contribution is 0.103. The van der Waals surface area contributed by atoms with Crippen molar-refractivity contribution in [1.82, 2.24) is 4.90 Å². The van der Waals surface area contributed by atoms with Gasteiger partial charge in [-0.3, -0.25) is 4.90 Å². The molecule has 1 aliphatic carbocycles. The van der Waals surface area contributed by atoms with Gasteiger partial charge in [-0.2, -0.15) is 0 Å². The fourth-order valence-electron chi connectivity index (χ4n) is 3.58. The molecule has 2 nitrogen and oxygen atoms in total. The Morgan fingerprint density at radius 3 is 2.38 bits per heavy atom. The smallest absolute Gasteiger partial charge is 0.0527 e. The molecule has 2 fully saturated rings. The average molecular weight is 225 g/mol. The fraction of sp³-hybridized carbons (Fsp3) is 1.00. The summed E-state index contributed by atoms with van der Waals surface area (Å²) in [5.41, 5.74) is 0. The van der Waals surface area contributed by atoms with Gasteiger partial charge in [0.1, 0.15) is 0 Å². The first kappa shape index (κ1) is 12.4. The largest absolute Gasteiger partial charge is 0.393 e. The fourth-order valence-corrected chi connectivity index (χ4v) is 3.58. The zero-order valence-corrected chi connectivity index (χ0v) is 10.7. The van der Waals surface area contributed by atoms with Crippen LogP contribution in [-0.4, -0.2) is 34.7 Å². The van der Waals surface area contributed by atoms with Crippen LogP contribution in [0.4, 0.5) is 0 Å². The van der Waals surface area contributed by atoms with Gasteiger partial charge in [-0.1, -0.05) is 25.7 Å². The van der Waals surface area contributed by atoms with Crippen molar-refractivity contribution in [2.45, 2.75) is 82.9 Å². The number of rotatable bonds is 3. The van der Waals surface area contributed by atoms with E-state index in [2.05, 4.69) is 4.90 Å². The van der Waals surface area contributed by atoms with Crippen molar-refractivity contribution < 1.29 is 5.11 Å². The minimum atomic E-state index is -0.128. The maximum atomic E-state index is 9.56. The van der Waals surface area contributed by atoms with Gasteiger partial charge in [-0.25, -0.2) is 0 Å². The molecule has 0 radical (unpaired) electrons. The predicted molar refractivity (Wildman–Crippen MR) is 67.5 cm³/mol. The highest BCUT2D eigenvalue weighted by atomic mass is 16.3. The molecule has 2 aliphatic rings. The second-order valence-electron chi connectivity index (χ2n) is 5.76. The highest BCUT2D eigenvalue weighted by Crippen LogP contribution is 2.30. The number of aliphatic hydroxyl groups excluding tert-OH is 1. The van der Waals surface area contributed by atoms with Gasteiger partial charge in [-0.15, -0.1) is 0 Å². The normalized spacial score (nSPS) is 31.5. The first-order valence-electron chi connectivity index (χ1n) is 7.21. The first-order chi connectivity index (χ1) is 7.77. The molecule has 0 aromatic heterocycles. The summed E-state index contributed by atoms with van der Waals surface area (Å²) in [7, 11) is 0. The molecule has 2 rings (SSSR count). The van der Waals surface area contributed by atoms with Gasteiger partial charge in [0, 0.05) is 12.1 Å². The standard InChI is InChI=1S/C14H27NO/c1-12(16)11-14-9-6-10-15(14)13-7-4-2-3-5-8-13/h12-14,16H,2-11H2,1H3. The van der Waals surface area contributed by atoms with E-state index in [1.54, 1.807) is 0 Å². The molecule has 16 heavy (non-hydrogen) atoms. The van der Waals surface area contributed by atoms with E-state index in [1.165, 1.54) is 57.9 Å². The van der Waals surface area contributed by atoms with Gasteiger partial charge in [-0.05, 0) is 45.6 Å². The Morgan fingerprint density at radius 2 is 1.75 bits per heavy atom. The van der Waals surface area contributed by atoms with Crippen molar-refractivity contribution in [2.75, 3.05) is 6.54 Å². The highest BCUT2D eigenvalue weighted by molar-refractivity contribution is 4.86. The lowest BCUT2D eigenvalue weighted by Crippen LogP contribution is -2.40. The molecule has 1 saturated carbocycles. The number of aliphatic hydroxyl groups is 1. The van der Waals surface area contributed by atoms with Crippen molar-refractivity contribution >= 4 is 0 Å². The van der Waals surface area contributed by atoms with Gasteiger partial charge >= 0.3 is 0 Å². The highest BCUT2D eigenvalue weighted by Gasteiger charge is 2.31. The van der Waals surface area contributed by atoms with Crippen LogP contribution in [0.25, 0.3) is 0 Å². The molecule has 0 bridgehead atoms. The van der Waals surface area contributed by atoms with Crippen LogP contribution in [0.5, 0.6) is 0 Å². The Hall–Kier alpha value is -0.0800. The summed E-state index contributed by atoms with van der Waals surface area (Å²) in [4.78, 5) is 2.72. The van der Waals surface area contributed by atoms with Crippen molar-refractivity contribution in [1.29, 1.82) is 0 Å². The predicted octanol–water partition coefficient (Wildman–Crippen LogP) is 2.94. The quantitative estimate of drug-likeness (QED) is 0.747. The van der Waals surface area contributed by atoms with E-state index < -0.39 is 0 Å². The summed E-state index contributed by atoms with van der Waals surface area (Å²) >= 11 is 0. The van der Waals surface area contributed by atoms with E-state index in [0.717, 1.165) is 12.5 Å². The van der Waals surface area contributed by atoms with Crippen molar-refractivity contribution in [3.8, 4) is 0 Å². The molecule has 2 unspecified atom stereocenters. The van der Waals surface area contributed by atoms with Crippen molar-refractivity contribution in [3.63, 3.8) is 0 Å². The second kappa shape index (κ2) is 6.02. The van der Waals surface area contributed by atoms with E-state index in [1.807, 2.05) is 6.92 Å². The molecule has 1 heterocycles. The Bertz CT molecular complexity index is 197. The molecule has 2 atom stereocenters. The minimum Gasteiger partial charge on any atom is -0.393 e. The summed E-state index contributed by atoms with van der Waals surface area (Å²) in [5, 5.41) is 9.56. The van der Waals surface area contributed by atoms with Gasteiger partial charge in [0.05, 0.1) is 6.10 Å². The zero-order valence-electron chi connectivity index (χ0n) is 10.7. The molecule has 1 saturated heterocycles. The van der Waals surface area contributed by atoms with Crippen LogP contribution in [0.2, 0.25) is 0 Å². The van der Waals surface area contributed by atoms with Crippen LogP contribution in [0.15, 0.2) is 0 Å². The average Bonchev–Trinajstić information content (AvgIpc) is 2.53. The molecule has 1 aliphatic heterocycles. The Balaban J connectivity index is 1.90. The monoisotopic (exact) mass is 225 g/mol. The topological polar surface area (TPSA) is 23.5 Å². The van der Waals surface area contributed by atoms with E-state index in [9.17, 15) is 5.11 Å². The lowest BCUT2D eigenvalue weighted by atomic mass is 10.0. The van der Waals surface area contributed by atoms with Crippen LogP contribution >= 0.6 is 0 Å². The van der Waals surface area contributed by atoms with E-state index in [4.69, 9.17) is 0 Å². The zero-order chi connectivity index (χ0) is 11.4. The van der Waals surface area contributed by atoms with Crippen molar-refractivity contribution in [2.24, 2.45) is 0 Å². The number of nitrogens with zero attached hydrogens (tertiary/aromatic N) is 1. The minimum absolute atomic E-state index is 0.128. The summed E-state index contributed by atoms with van der Waals surface area (Å²) < 4.78 is 0. The number of likely N-dealkylation sites (tertiary alicyclic amines) is 1. The molecule has 0 aromatic rings. The van der Waals surface area contributed by atoms with E-state index in [0.29, 0.717) is 6.04 Å². The Kier molecular flexibility index (Phi) is 4.66. The van der Waals surface area contributed by atoms with Gasteiger partial charge < -0.3 is 5.11 Å². The van der Waals surface area contributed by atoms with Crippen LogP contribution in [0.3, 0.4) is 0 Å². The van der Waals surface area contributed by atoms with Gasteiger partial charge in [0.2, 0.25) is 0 Å². The van der Waals surface area contributed by atoms with Crippen LogP contribution in [0.1, 0.15) is 64.7 Å². The molecular weight excluding hydrogens is 198 g/mol. The lowest BCUT2D eigenvalue weighted by Gasteiger charge is -2.33. The van der Waals surface area contributed by atoms with Crippen LogP contribution in [0, 0.1) is 0 Å². The van der Waals surface area contributed by atoms with E-state index >= 15 is 0 Å². The molecule has 94 valence electrons. The van der Waals surface area contributed by atoms with Crippen LogP contribution < -0.4 is 0 Å². The summed E-state index contributed by atoms with van der Waals surface area (Å²) in [5.74, 6) is 0. The van der Waals surface area contributed by atoms with Crippen LogP contribution in [-0.2, 0) is 0 Å². The Morgan fingerprint density at radius 1 is 1.06 bits per heavy atom. The summed E-state index contributed by atoms with van der Waals surface area (Å²) in [6, 6.07) is 1.50. The maximum absolute atomic E-state index is 9.56. The molecule has 1 N–H and O–H groups in total. The Labute approximate surface area is 100 Å². The molecular formula is C14H27NO. The molecule has 0 amide bonds. The summed E-state index contributed by atoms with van der Waals surface area (Å²) in [6.07, 6.45) is 12.0. The first-order valence-corrected chi connectivity index (χ1v) is 7.21.